The molecular formula is C13H13ClN2. The maximum Gasteiger partial charge on any atom is 0.137 e. The van der Waals surface area contributed by atoms with Crippen molar-refractivity contribution < 1.29 is 0 Å². The van der Waals surface area contributed by atoms with Crippen LogP contribution in [0.15, 0.2) is 24.4 Å². The minimum atomic E-state index is 0.717. The summed E-state index contributed by atoms with van der Waals surface area (Å²) in [6, 6.07) is 5.90. The smallest absolute Gasteiger partial charge is 0.137 e. The SMILES string of the molecule is Cc1cc(Cl)ccc1-c1ncc(C2CC2)[nH]1. The number of aromatic nitrogens is 2. The molecule has 0 aliphatic heterocycles. The van der Waals surface area contributed by atoms with Crippen LogP contribution < -0.4 is 0 Å². The van der Waals surface area contributed by atoms with E-state index in [1.165, 1.54) is 18.5 Å². The minimum absolute atomic E-state index is 0.717. The predicted molar refractivity (Wildman–Crippen MR) is 65.7 cm³/mol. The van der Waals surface area contributed by atoms with Crippen molar-refractivity contribution in [1.29, 1.82) is 0 Å². The van der Waals surface area contributed by atoms with E-state index in [9.17, 15) is 0 Å². The van der Waals surface area contributed by atoms with E-state index in [2.05, 4.69) is 16.9 Å². The van der Waals surface area contributed by atoms with Crippen LogP contribution in [-0.2, 0) is 0 Å². The molecule has 1 aliphatic carbocycles. The fourth-order valence-electron chi connectivity index (χ4n) is 1.97. The van der Waals surface area contributed by atoms with Gasteiger partial charge in [0.15, 0.2) is 0 Å². The van der Waals surface area contributed by atoms with Crippen LogP contribution in [-0.4, -0.2) is 9.97 Å². The molecular weight excluding hydrogens is 220 g/mol. The lowest BCUT2D eigenvalue weighted by atomic mass is 10.1. The van der Waals surface area contributed by atoms with E-state index < -0.39 is 0 Å². The summed E-state index contributed by atoms with van der Waals surface area (Å²) in [6.07, 6.45) is 4.55. The molecule has 1 N–H and O–H groups in total. The zero-order chi connectivity index (χ0) is 11.1. The van der Waals surface area contributed by atoms with Gasteiger partial charge in [-0.1, -0.05) is 11.6 Å². The van der Waals surface area contributed by atoms with Gasteiger partial charge in [0.05, 0.1) is 0 Å². The van der Waals surface area contributed by atoms with E-state index in [1.54, 1.807) is 0 Å². The van der Waals surface area contributed by atoms with E-state index >= 15 is 0 Å². The molecule has 0 unspecified atom stereocenters. The molecule has 1 fully saturated rings. The monoisotopic (exact) mass is 232 g/mol. The Kier molecular flexibility index (Phi) is 2.25. The molecule has 1 aromatic heterocycles. The summed E-state index contributed by atoms with van der Waals surface area (Å²) in [5.74, 6) is 1.67. The molecule has 0 saturated heterocycles. The number of benzene rings is 1. The largest absolute Gasteiger partial charge is 0.342 e. The van der Waals surface area contributed by atoms with Crippen molar-refractivity contribution in [3.05, 3.63) is 40.7 Å². The molecule has 82 valence electrons. The summed E-state index contributed by atoms with van der Waals surface area (Å²) in [5.41, 5.74) is 3.56. The Bertz CT molecular complexity index is 526. The first-order valence-electron chi connectivity index (χ1n) is 5.55. The molecule has 0 radical (unpaired) electrons. The van der Waals surface area contributed by atoms with E-state index in [0.29, 0.717) is 5.92 Å². The van der Waals surface area contributed by atoms with Gasteiger partial charge in [0.1, 0.15) is 5.82 Å². The van der Waals surface area contributed by atoms with Crippen molar-refractivity contribution in [2.45, 2.75) is 25.7 Å². The average Bonchev–Trinajstić information content (AvgIpc) is 2.98. The molecule has 0 bridgehead atoms. The highest BCUT2D eigenvalue weighted by Gasteiger charge is 2.25. The van der Waals surface area contributed by atoms with Crippen molar-refractivity contribution in [2.75, 3.05) is 0 Å². The van der Waals surface area contributed by atoms with Crippen LogP contribution >= 0.6 is 11.6 Å². The standard InChI is InChI=1S/C13H13ClN2/c1-8-6-10(14)4-5-11(8)13-15-7-12(16-13)9-2-3-9/h4-7,9H,2-3H2,1H3,(H,15,16). The van der Waals surface area contributed by atoms with Gasteiger partial charge in [-0.15, -0.1) is 0 Å². The first-order valence-corrected chi connectivity index (χ1v) is 5.93. The highest BCUT2D eigenvalue weighted by Crippen LogP contribution is 2.39. The summed E-state index contributed by atoms with van der Waals surface area (Å²) in [6.45, 7) is 2.06. The Morgan fingerprint density at radius 1 is 1.38 bits per heavy atom. The highest BCUT2D eigenvalue weighted by atomic mass is 35.5. The molecule has 16 heavy (non-hydrogen) atoms. The number of imidazole rings is 1. The van der Waals surface area contributed by atoms with Crippen LogP contribution in [0.4, 0.5) is 0 Å². The first-order chi connectivity index (χ1) is 7.74. The number of hydrogen-bond donors (Lipinski definition) is 1. The summed E-state index contributed by atoms with van der Waals surface area (Å²) in [5, 5.41) is 0.773. The molecule has 1 heterocycles. The average molecular weight is 233 g/mol. The van der Waals surface area contributed by atoms with Gasteiger partial charge in [0, 0.05) is 28.4 Å². The molecule has 3 heteroatoms. The Balaban J connectivity index is 2.00. The van der Waals surface area contributed by atoms with E-state index in [4.69, 9.17) is 11.6 Å². The lowest BCUT2D eigenvalue weighted by Gasteiger charge is -2.02. The fourth-order valence-corrected chi connectivity index (χ4v) is 2.19. The number of nitrogens with one attached hydrogen (secondary N) is 1. The zero-order valence-electron chi connectivity index (χ0n) is 9.13. The Hall–Kier alpha value is -1.28. The van der Waals surface area contributed by atoms with Crippen molar-refractivity contribution in [3.8, 4) is 11.4 Å². The second kappa shape index (κ2) is 3.63. The number of rotatable bonds is 2. The van der Waals surface area contributed by atoms with Crippen molar-refractivity contribution in [1.82, 2.24) is 9.97 Å². The molecule has 2 nitrogen and oxygen atoms in total. The van der Waals surface area contributed by atoms with E-state index in [-0.39, 0.29) is 0 Å². The van der Waals surface area contributed by atoms with Crippen LogP contribution in [0, 0.1) is 6.92 Å². The van der Waals surface area contributed by atoms with Crippen molar-refractivity contribution in [3.63, 3.8) is 0 Å². The molecule has 0 spiro atoms. The maximum atomic E-state index is 5.94. The number of hydrogen-bond acceptors (Lipinski definition) is 1. The fraction of sp³-hybridized carbons (Fsp3) is 0.308. The second-order valence-electron chi connectivity index (χ2n) is 4.42. The summed E-state index contributed by atoms with van der Waals surface area (Å²) >= 11 is 5.94. The predicted octanol–water partition coefficient (Wildman–Crippen LogP) is 3.92. The van der Waals surface area contributed by atoms with Crippen LogP contribution in [0.25, 0.3) is 11.4 Å². The van der Waals surface area contributed by atoms with Gasteiger partial charge in [0.2, 0.25) is 0 Å². The number of aromatic amines is 1. The number of nitrogens with zero attached hydrogens (tertiary/aromatic N) is 1. The summed E-state index contributed by atoms with van der Waals surface area (Å²) in [4.78, 5) is 7.84. The molecule has 0 amide bonds. The van der Waals surface area contributed by atoms with Gasteiger partial charge in [-0.05, 0) is 43.5 Å². The normalized spacial score (nSPS) is 15.4. The minimum Gasteiger partial charge on any atom is -0.342 e. The molecule has 1 aliphatic rings. The van der Waals surface area contributed by atoms with Crippen molar-refractivity contribution >= 4 is 11.6 Å². The van der Waals surface area contributed by atoms with Gasteiger partial charge in [-0.2, -0.15) is 0 Å². The van der Waals surface area contributed by atoms with E-state index in [1.807, 2.05) is 24.4 Å². The Morgan fingerprint density at radius 2 is 2.19 bits per heavy atom. The number of aryl methyl sites for hydroxylation is 1. The number of halogens is 1. The molecule has 1 aromatic carbocycles. The van der Waals surface area contributed by atoms with Gasteiger partial charge in [0.25, 0.3) is 0 Å². The molecule has 3 rings (SSSR count). The Morgan fingerprint density at radius 3 is 2.88 bits per heavy atom. The lowest BCUT2D eigenvalue weighted by molar-refractivity contribution is 1.05. The molecule has 2 aromatic rings. The van der Waals surface area contributed by atoms with Crippen LogP contribution in [0.3, 0.4) is 0 Å². The van der Waals surface area contributed by atoms with Gasteiger partial charge in [-0.3, -0.25) is 0 Å². The van der Waals surface area contributed by atoms with Gasteiger partial charge < -0.3 is 4.98 Å². The first kappa shape index (κ1) is 9.91. The third-order valence-corrected chi connectivity index (χ3v) is 3.29. The topological polar surface area (TPSA) is 28.7 Å². The van der Waals surface area contributed by atoms with Gasteiger partial charge in [-0.25, -0.2) is 4.98 Å². The highest BCUT2D eigenvalue weighted by molar-refractivity contribution is 6.30. The zero-order valence-corrected chi connectivity index (χ0v) is 9.88. The maximum absolute atomic E-state index is 5.94. The van der Waals surface area contributed by atoms with Crippen LogP contribution in [0.2, 0.25) is 5.02 Å². The third-order valence-electron chi connectivity index (χ3n) is 3.06. The Labute approximate surface area is 99.7 Å². The third kappa shape index (κ3) is 1.74. The molecule has 1 saturated carbocycles. The summed E-state index contributed by atoms with van der Waals surface area (Å²) in [7, 11) is 0. The molecule has 0 atom stereocenters. The van der Waals surface area contributed by atoms with Crippen LogP contribution in [0.5, 0.6) is 0 Å². The van der Waals surface area contributed by atoms with Crippen LogP contribution in [0.1, 0.15) is 30.0 Å². The second-order valence-corrected chi connectivity index (χ2v) is 4.86. The summed E-state index contributed by atoms with van der Waals surface area (Å²) < 4.78 is 0. The number of H-pyrrole nitrogens is 1. The quantitative estimate of drug-likeness (QED) is 0.836. The lowest BCUT2D eigenvalue weighted by Crippen LogP contribution is -1.86. The van der Waals surface area contributed by atoms with E-state index in [0.717, 1.165) is 22.0 Å². The van der Waals surface area contributed by atoms with Crippen molar-refractivity contribution in [2.24, 2.45) is 0 Å². The van der Waals surface area contributed by atoms with Gasteiger partial charge >= 0.3 is 0 Å².